The summed E-state index contributed by atoms with van der Waals surface area (Å²) in [5, 5.41) is 0. The van der Waals surface area contributed by atoms with Gasteiger partial charge in [0.15, 0.2) is 0 Å². The van der Waals surface area contributed by atoms with E-state index in [-0.39, 0.29) is 23.4 Å². The van der Waals surface area contributed by atoms with Gasteiger partial charge in [0.2, 0.25) is 10.0 Å². The van der Waals surface area contributed by atoms with Crippen LogP contribution < -0.4 is 5.73 Å². The van der Waals surface area contributed by atoms with Crippen LogP contribution in [0, 0.1) is 24.6 Å². The van der Waals surface area contributed by atoms with Gasteiger partial charge in [0.05, 0.1) is 0 Å². The van der Waals surface area contributed by atoms with E-state index in [9.17, 15) is 12.8 Å². The predicted octanol–water partition coefficient (Wildman–Crippen LogP) is 1.49. The fraction of sp³-hybridized carbons (Fsp3) is 0.571. The van der Waals surface area contributed by atoms with Crippen LogP contribution in [-0.4, -0.2) is 31.9 Å². The second-order valence-corrected chi connectivity index (χ2v) is 7.83. The first-order valence-corrected chi connectivity index (χ1v) is 8.35. The van der Waals surface area contributed by atoms with Crippen molar-refractivity contribution in [2.75, 3.05) is 13.1 Å². The highest BCUT2D eigenvalue weighted by Crippen LogP contribution is 2.42. The maximum atomic E-state index is 13.8. The maximum Gasteiger partial charge on any atom is 0.246 e. The molecule has 0 spiro atoms. The monoisotopic (exact) mass is 298 g/mol. The molecule has 1 saturated carbocycles. The lowest BCUT2D eigenvalue weighted by atomic mass is 9.99. The number of benzene rings is 1. The fourth-order valence-corrected chi connectivity index (χ4v) is 4.65. The van der Waals surface area contributed by atoms with Crippen molar-refractivity contribution in [1.82, 2.24) is 4.31 Å². The topological polar surface area (TPSA) is 63.4 Å². The average molecular weight is 298 g/mol. The third-order valence-corrected chi connectivity index (χ3v) is 6.16. The number of nitrogens with two attached hydrogens (primary N) is 1. The number of hydrogen-bond acceptors (Lipinski definition) is 3. The second-order valence-electron chi connectivity index (χ2n) is 5.92. The molecule has 4 nitrogen and oxygen atoms in total. The highest BCUT2D eigenvalue weighted by Gasteiger charge is 2.45. The van der Waals surface area contributed by atoms with Crippen LogP contribution in [0.4, 0.5) is 4.39 Å². The summed E-state index contributed by atoms with van der Waals surface area (Å²) in [5.41, 5.74) is 6.78. The van der Waals surface area contributed by atoms with Crippen molar-refractivity contribution in [1.29, 1.82) is 0 Å². The first-order valence-electron chi connectivity index (χ1n) is 6.91. The highest BCUT2D eigenvalue weighted by molar-refractivity contribution is 7.89. The molecular formula is C14H19FN2O2S. The lowest BCUT2D eigenvalue weighted by Crippen LogP contribution is -2.33. The predicted molar refractivity (Wildman–Crippen MR) is 74.1 cm³/mol. The molecule has 2 atom stereocenters. The van der Waals surface area contributed by atoms with Crippen LogP contribution in [0.5, 0.6) is 0 Å². The highest BCUT2D eigenvalue weighted by atomic mass is 32.2. The van der Waals surface area contributed by atoms with Gasteiger partial charge in [-0.1, -0.05) is 6.07 Å². The molecule has 2 fully saturated rings. The minimum atomic E-state index is -3.79. The summed E-state index contributed by atoms with van der Waals surface area (Å²) in [6.07, 6.45) is 2.26. The van der Waals surface area contributed by atoms with Gasteiger partial charge in [-0.05, 0) is 49.3 Å². The molecule has 1 aliphatic carbocycles. The zero-order valence-electron chi connectivity index (χ0n) is 11.4. The van der Waals surface area contributed by atoms with Crippen molar-refractivity contribution < 1.29 is 12.8 Å². The molecule has 110 valence electrons. The molecule has 2 aliphatic rings. The Labute approximate surface area is 118 Å². The maximum absolute atomic E-state index is 13.8. The molecule has 1 saturated heterocycles. The molecule has 2 N–H and O–H groups in total. The summed E-state index contributed by atoms with van der Waals surface area (Å²) in [6, 6.07) is 4.03. The Morgan fingerprint density at radius 3 is 2.65 bits per heavy atom. The van der Waals surface area contributed by atoms with Crippen LogP contribution in [0.25, 0.3) is 0 Å². The van der Waals surface area contributed by atoms with Crippen molar-refractivity contribution in [3.8, 4) is 0 Å². The van der Waals surface area contributed by atoms with Crippen molar-refractivity contribution >= 4 is 10.0 Å². The summed E-state index contributed by atoms with van der Waals surface area (Å²) in [5.74, 6) is 0.0734. The standard InChI is InChI=1S/C14H19FN2O2S/c1-9-2-5-12(15)14(6-9)20(18,19)17-7-11(10-3-4-10)13(16)8-17/h2,5-6,10-11,13H,3-4,7-8,16H2,1H3/t11-,13+/m1/s1. The van der Waals surface area contributed by atoms with Crippen LogP contribution in [0.2, 0.25) is 0 Å². The molecule has 0 amide bonds. The molecule has 1 heterocycles. The number of rotatable bonds is 3. The Morgan fingerprint density at radius 1 is 1.30 bits per heavy atom. The van der Waals surface area contributed by atoms with Gasteiger partial charge < -0.3 is 5.73 Å². The van der Waals surface area contributed by atoms with Crippen LogP contribution in [-0.2, 0) is 10.0 Å². The average Bonchev–Trinajstić information content (AvgIpc) is 3.15. The van der Waals surface area contributed by atoms with E-state index in [0.29, 0.717) is 12.5 Å². The second kappa shape index (κ2) is 4.79. The van der Waals surface area contributed by atoms with Gasteiger partial charge in [0.25, 0.3) is 0 Å². The van der Waals surface area contributed by atoms with E-state index in [4.69, 9.17) is 5.73 Å². The van der Waals surface area contributed by atoms with E-state index in [0.717, 1.165) is 18.4 Å². The summed E-state index contributed by atoms with van der Waals surface area (Å²) in [7, 11) is -3.79. The first kappa shape index (κ1) is 14.0. The molecule has 1 aromatic carbocycles. The van der Waals surface area contributed by atoms with Crippen molar-refractivity contribution in [3.63, 3.8) is 0 Å². The molecule has 0 bridgehead atoms. The van der Waals surface area contributed by atoms with Gasteiger partial charge >= 0.3 is 0 Å². The third-order valence-electron chi connectivity index (χ3n) is 4.31. The van der Waals surface area contributed by atoms with Crippen LogP contribution in [0.3, 0.4) is 0 Å². The number of halogens is 1. The third kappa shape index (κ3) is 2.36. The van der Waals surface area contributed by atoms with Crippen molar-refractivity contribution in [3.05, 3.63) is 29.6 Å². The molecule has 1 aromatic rings. The number of hydrogen-bond donors (Lipinski definition) is 1. The van der Waals surface area contributed by atoms with Gasteiger partial charge in [-0.3, -0.25) is 0 Å². The Hall–Kier alpha value is -0.980. The van der Waals surface area contributed by atoms with E-state index in [1.54, 1.807) is 13.0 Å². The molecule has 1 aliphatic heterocycles. The molecular weight excluding hydrogens is 279 g/mol. The van der Waals surface area contributed by atoms with Gasteiger partial charge in [-0.15, -0.1) is 0 Å². The molecule has 6 heteroatoms. The zero-order valence-corrected chi connectivity index (χ0v) is 12.2. The summed E-state index contributed by atoms with van der Waals surface area (Å²) in [4.78, 5) is -0.235. The fourth-order valence-electron chi connectivity index (χ4n) is 2.98. The normalized spacial score (nSPS) is 27.9. The van der Waals surface area contributed by atoms with Crippen molar-refractivity contribution in [2.45, 2.75) is 30.7 Å². The van der Waals surface area contributed by atoms with Gasteiger partial charge in [0, 0.05) is 19.1 Å². The number of aryl methyl sites for hydroxylation is 1. The Morgan fingerprint density at radius 2 is 2.00 bits per heavy atom. The van der Waals surface area contributed by atoms with E-state index in [2.05, 4.69) is 0 Å². The zero-order chi connectivity index (χ0) is 14.5. The van der Waals surface area contributed by atoms with E-state index in [1.807, 2.05) is 0 Å². The molecule has 0 radical (unpaired) electrons. The first-order chi connectivity index (χ1) is 9.39. The molecule has 0 aromatic heterocycles. The van der Waals surface area contributed by atoms with E-state index >= 15 is 0 Å². The quantitative estimate of drug-likeness (QED) is 0.919. The molecule has 0 unspecified atom stereocenters. The van der Waals surface area contributed by atoms with Crippen LogP contribution in [0.15, 0.2) is 23.1 Å². The van der Waals surface area contributed by atoms with Gasteiger partial charge in [0.1, 0.15) is 10.7 Å². The summed E-state index contributed by atoms with van der Waals surface area (Å²) < 4.78 is 40.3. The smallest absolute Gasteiger partial charge is 0.246 e. The van der Waals surface area contributed by atoms with Crippen LogP contribution in [0.1, 0.15) is 18.4 Å². The minimum absolute atomic E-state index is 0.134. The largest absolute Gasteiger partial charge is 0.326 e. The summed E-state index contributed by atoms with van der Waals surface area (Å²) in [6.45, 7) is 2.46. The Balaban J connectivity index is 1.90. The number of nitrogens with zero attached hydrogens (tertiary/aromatic N) is 1. The lowest BCUT2D eigenvalue weighted by molar-refractivity contribution is 0.426. The molecule has 20 heavy (non-hydrogen) atoms. The Kier molecular flexibility index (Phi) is 3.35. The Bertz CT molecular complexity index is 628. The summed E-state index contributed by atoms with van der Waals surface area (Å²) >= 11 is 0. The van der Waals surface area contributed by atoms with Gasteiger partial charge in [-0.25, -0.2) is 12.8 Å². The van der Waals surface area contributed by atoms with Crippen LogP contribution >= 0.6 is 0 Å². The molecule has 3 rings (SSSR count). The van der Waals surface area contributed by atoms with Gasteiger partial charge in [-0.2, -0.15) is 4.31 Å². The lowest BCUT2D eigenvalue weighted by Gasteiger charge is -2.17. The van der Waals surface area contributed by atoms with E-state index < -0.39 is 15.8 Å². The van der Waals surface area contributed by atoms with Crippen molar-refractivity contribution in [2.24, 2.45) is 17.6 Å². The number of sulfonamides is 1. The van der Waals surface area contributed by atoms with E-state index in [1.165, 1.54) is 16.4 Å². The SMILES string of the molecule is Cc1ccc(F)c(S(=O)(=O)N2C[C@H](C3CC3)[C@@H](N)C2)c1. The minimum Gasteiger partial charge on any atom is -0.326 e.